The molecule has 7 nitrogen and oxygen atoms in total. The molecule has 2 unspecified atom stereocenters. The molecule has 1 aliphatic rings. The molecule has 1 aromatic rings. The number of carbonyl (C=O) groups excluding carboxylic acids is 3. The van der Waals surface area contributed by atoms with Gasteiger partial charge in [0.15, 0.2) is 0 Å². The van der Waals surface area contributed by atoms with Crippen molar-refractivity contribution in [2.24, 2.45) is 0 Å². The van der Waals surface area contributed by atoms with Gasteiger partial charge in [-0.1, -0.05) is 0 Å². The normalized spacial score (nSPS) is 20.8. The Morgan fingerprint density at radius 3 is 2.62 bits per heavy atom. The molecule has 2 rings (SSSR count). The molecule has 0 saturated carbocycles. The van der Waals surface area contributed by atoms with E-state index in [1.807, 2.05) is 0 Å². The van der Waals surface area contributed by atoms with Crippen LogP contribution in [0.5, 0.6) is 0 Å². The van der Waals surface area contributed by atoms with Crippen LogP contribution in [0, 0.1) is 0 Å². The summed E-state index contributed by atoms with van der Waals surface area (Å²) in [6.07, 6.45) is 0. The van der Waals surface area contributed by atoms with Gasteiger partial charge in [-0.15, -0.1) is 0 Å². The van der Waals surface area contributed by atoms with E-state index in [9.17, 15) is 14.4 Å². The molecule has 112 valence electrons. The van der Waals surface area contributed by atoms with E-state index in [2.05, 4.69) is 10.6 Å². The molecule has 1 fully saturated rings. The molecular formula is C14H18N4O3. The van der Waals surface area contributed by atoms with Gasteiger partial charge in [0.05, 0.1) is 18.6 Å². The Hall–Kier alpha value is -2.41. The van der Waals surface area contributed by atoms with E-state index in [4.69, 9.17) is 5.73 Å². The molecule has 0 aliphatic carbocycles. The van der Waals surface area contributed by atoms with Crippen LogP contribution in [0.1, 0.15) is 13.8 Å². The number of hydrogen-bond acceptors (Lipinski definition) is 5. The number of carbonyl (C=O) groups is 3. The third kappa shape index (κ3) is 3.38. The van der Waals surface area contributed by atoms with Crippen LogP contribution in [0.15, 0.2) is 24.3 Å². The van der Waals surface area contributed by atoms with E-state index >= 15 is 0 Å². The number of nitrogens with two attached hydrogens (primary N) is 1. The Kier molecular flexibility index (Phi) is 4.23. The van der Waals surface area contributed by atoms with Gasteiger partial charge in [0.1, 0.15) is 0 Å². The van der Waals surface area contributed by atoms with Gasteiger partial charge in [-0.3, -0.25) is 24.6 Å². The van der Waals surface area contributed by atoms with Gasteiger partial charge in [0.2, 0.25) is 17.7 Å². The molecule has 7 heteroatoms. The summed E-state index contributed by atoms with van der Waals surface area (Å²) >= 11 is 0. The van der Waals surface area contributed by atoms with Gasteiger partial charge in [-0.05, 0) is 38.1 Å². The summed E-state index contributed by atoms with van der Waals surface area (Å²) in [6.45, 7) is 3.34. The Morgan fingerprint density at radius 1 is 1.38 bits per heavy atom. The zero-order valence-electron chi connectivity index (χ0n) is 11.9. The van der Waals surface area contributed by atoms with Crippen molar-refractivity contribution in [1.29, 1.82) is 0 Å². The zero-order valence-corrected chi connectivity index (χ0v) is 11.9. The predicted octanol–water partition coefficient (Wildman–Crippen LogP) is -0.0573. The molecule has 21 heavy (non-hydrogen) atoms. The number of benzene rings is 1. The number of nitrogens with zero attached hydrogens (tertiary/aromatic N) is 1. The van der Waals surface area contributed by atoms with Crippen molar-refractivity contribution in [3.8, 4) is 0 Å². The fraction of sp³-hybridized carbons (Fsp3) is 0.357. The van der Waals surface area contributed by atoms with Crippen LogP contribution in [-0.2, 0) is 14.4 Å². The highest BCUT2D eigenvalue weighted by Crippen LogP contribution is 2.14. The highest BCUT2D eigenvalue weighted by Gasteiger charge is 2.35. The fourth-order valence-electron chi connectivity index (χ4n) is 2.17. The number of hydrogen-bond donors (Lipinski definition) is 3. The number of piperazine rings is 1. The average Bonchev–Trinajstić information content (AvgIpc) is 2.44. The van der Waals surface area contributed by atoms with Crippen molar-refractivity contribution >= 4 is 29.1 Å². The SMILES string of the molecule is CC1C(=O)NC(=O)CN1C(C)C(=O)Nc1ccc(N)cc1. The summed E-state index contributed by atoms with van der Waals surface area (Å²) in [5.41, 5.74) is 6.80. The van der Waals surface area contributed by atoms with Crippen molar-refractivity contribution < 1.29 is 14.4 Å². The largest absolute Gasteiger partial charge is 0.399 e. The first-order valence-electron chi connectivity index (χ1n) is 6.64. The molecule has 0 bridgehead atoms. The van der Waals surface area contributed by atoms with Crippen molar-refractivity contribution in [2.45, 2.75) is 25.9 Å². The zero-order chi connectivity index (χ0) is 15.6. The smallest absolute Gasteiger partial charge is 0.243 e. The minimum atomic E-state index is -0.604. The quantitative estimate of drug-likeness (QED) is 0.534. The second-order valence-corrected chi connectivity index (χ2v) is 5.05. The predicted molar refractivity (Wildman–Crippen MR) is 78.3 cm³/mol. The molecule has 4 N–H and O–H groups in total. The van der Waals surface area contributed by atoms with Crippen molar-refractivity contribution in [1.82, 2.24) is 10.2 Å². The fourth-order valence-corrected chi connectivity index (χ4v) is 2.17. The Bertz CT molecular complexity index is 570. The molecule has 2 atom stereocenters. The van der Waals surface area contributed by atoms with Gasteiger partial charge < -0.3 is 11.1 Å². The molecule has 0 aromatic heterocycles. The van der Waals surface area contributed by atoms with Crippen molar-refractivity contribution in [2.75, 3.05) is 17.6 Å². The summed E-state index contributed by atoms with van der Waals surface area (Å²) in [4.78, 5) is 36.8. The first-order valence-corrected chi connectivity index (χ1v) is 6.64. The highest BCUT2D eigenvalue weighted by atomic mass is 16.2. The lowest BCUT2D eigenvalue weighted by Crippen LogP contribution is -2.61. The van der Waals surface area contributed by atoms with Gasteiger partial charge >= 0.3 is 0 Å². The number of imide groups is 1. The maximum atomic E-state index is 12.2. The van der Waals surface area contributed by atoms with Crippen LogP contribution >= 0.6 is 0 Å². The molecule has 1 heterocycles. The minimum Gasteiger partial charge on any atom is -0.399 e. The highest BCUT2D eigenvalue weighted by molar-refractivity contribution is 6.02. The summed E-state index contributed by atoms with van der Waals surface area (Å²) in [5.74, 6) is -1.07. The minimum absolute atomic E-state index is 0.0171. The monoisotopic (exact) mass is 290 g/mol. The van der Waals surface area contributed by atoms with Gasteiger partial charge in [-0.25, -0.2) is 0 Å². The number of anilines is 2. The maximum absolute atomic E-state index is 12.2. The summed E-state index contributed by atoms with van der Waals surface area (Å²) in [7, 11) is 0. The molecule has 1 aromatic carbocycles. The van der Waals surface area contributed by atoms with Crippen LogP contribution in [-0.4, -0.2) is 41.2 Å². The van der Waals surface area contributed by atoms with Crippen LogP contribution in [0.2, 0.25) is 0 Å². The molecule has 0 spiro atoms. The van der Waals surface area contributed by atoms with E-state index in [1.165, 1.54) is 0 Å². The third-order valence-corrected chi connectivity index (χ3v) is 3.52. The summed E-state index contributed by atoms with van der Waals surface area (Å²) in [5, 5.41) is 4.98. The first kappa shape index (κ1) is 15.0. The Morgan fingerprint density at radius 2 is 2.00 bits per heavy atom. The summed E-state index contributed by atoms with van der Waals surface area (Å²) < 4.78 is 0. The van der Waals surface area contributed by atoms with Gasteiger partial charge in [-0.2, -0.15) is 0 Å². The van der Waals surface area contributed by atoms with Gasteiger partial charge in [0.25, 0.3) is 0 Å². The molecule has 1 saturated heterocycles. The number of nitrogen functional groups attached to an aromatic ring is 1. The second-order valence-electron chi connectivity index (χ2n) is 5.05. The lowest BCUT2D eigenvalue weighted by molar-refractivity contribution is -0.142. The second kappa shape index (κ2) is 5.92. The summed E-state index contributed by atoms with van der Waals surface area (Å²) in [6, 6.07) is 5.61. The first-order chi connectivity index (χ1) is 9.88. The Balaban J connectivity index is 2.06. The molecule has 1 aliphatic heterocycles. The third-order valence-electron chi connectivity index (χ3n) is 3.52. The number of rotatable bonds is 3. The van der Waals surface area contributed by atoms with Crippen LogP contribution in [0.25, 0.3) is 0 Å². The lowest BCUT2D eigenvalue weighted by atomic mass is 10.1. The topological polar surface area (TPSA) is 105 Å². The van der Waals surface area contributed by atoms with Gasteiger partial charge in [0, 0.05) is 11.4 Å². The van der Waals surface area contributed by atoms with Crippen LogP contribution < -0.4 is 16.4 Å². The van der Waals surface area contributed by atoms with E-state index in [1.54, 1.807) is 43.0 Å². The van der Waals surface area contributed by atoms with Crippen LogP contribution in [0.3, 0.4) is 0 Å². The average molecular weight is 290 g/mol. The number of amides is 3. The van der Waals surface area contributed by atoms with Crippen LogP contribution in [0.4, 0.5) is 11.4 Å². The van der Waals surface area contributed by atoms with E-state index in [0.29, 0.717) is 11.4 Å². The molecule has 3 amide bonds. The van der Waals surface area contributed by atoms with Crippen molar-refractivity contribution in [3.05, 3.63) is 24.3 Å². The maximum Gasteiger partial charge on any atom is 0.243 e. The standard InChI is InChI=1S/C14H18N4O3/c1-8(18-7-12(19)17-14(21)9(18)2)13(20)16-11-5-3-10(15)4-6-11/h3-6,8-9H,7,15H2,1-2H3,(H,16,20)(H,17,19,21). The van der Waals surface area contributed by atoms with Crippen molar-refractivity contribution in [3.63, 3.8) is 0 Å². The lowest BCUT2D eigenvalue weighted by Gasteiger charge is -2.35. The van der Waals surface area contributed by atoms with E-state index in [0.717, 1.165) is 0 Å². The van der Waals surface area contributed by atoms with E-state index < -0.39 is 23.9 Å². The molecular weight excluding hydrogens is 272 g/mol. The van der Waals surface area contributed by atoms with E-state index in [-0.39, 0.29) is 12.5 Å². The Labute approximate surface area is 122 Å². The molecule has 0 radical (unpaired) electrons. The number of nitrogens with one attached hydrogen (secondary N) is 2.